The summed E-state index contributed by atoms with van der Waals surface area (Å²) in [6.45, 7) is 4.76. The first-order valence-electron chi connectivity index (χ1n) is 5.07. The highest BCUT2D eigenvalue weighted by Gasteiger charge is 1.99. The zero-order valence-corrected chi connectivity index (χ0v) is 8.83. The highest BCUT2D eigenvalue weighted by atomic mass is 16.3. The van der Waals surface area contributed by atoms with Crippen LogP contribution in [0.3, 0.4) is 0 Å². The van der Waals surface area contributed by atoms with Crippen LogP contribution in [-0.2, 0) is 0 Å². The van der Waals surface area contributed by atoms with Crippen molar-refractivity contribution in [3.05, 3.63) is 23.9 Å². The van der Waals surface area contributed by atoms with Gasteiger partial charge in [0, 0.05) is 12.7 Å². The molecule has 1 aromatic heterocycles. The molecule has 2 N–H and O–H groups in total. The lowest BCUT2D eigenvalue weighted by Crippen LogP contribution is -2.12. The summed E-state index contributed by atoms with van der Waals surface area (Å²) in [5, 5.41) is 12.5. The Bertz CT molecular complexity index is 258. The van der Waals surface area contributed by atoms with Gasteiger partial charge in [-0.1, -0.05) is 13.0 Å². The molecule has 1 rings (SSSR count). The van der Waals surface area contributed by atoms with E-state index in [1.165, 1.54) is 0 Å². The third-order valence-corrected chi connectivity index (χ3v) is 2.17. The van der Waals surface area contributed by atoms with Crippen molar-refractivity contribution in [3.8, 4) is 0 Å². The van der Waals surface area contributed by atoms with Crippen LogP contribution in [0.2, 0.25) is 0 Å². The average molecular weight is 194 g/mol. The lowest BCUT2D eigenvalue weighted by atomic mass is 10.2. The van der Waals surface area contributed by atoms with Gasteiger partial charge in [0.05, 0.1) is 6.10 Å². The molecule has 1 heterocycles. The molecule has 3 heteroatoms. The summed E-state index contributed by atoms with van der Waals surface area (Å²) in [5.74, 6) is 0.874. The van der Waals surface area contributed by atoms with E-state index in [0.717, 1.165) is 30.8 Å². The van der Waals surface area contributed by atoms with Crippen molar-refractivity contribution < 1.29 is 5.11 Å². The van der Waals surface area contributed by atoms with Gasteiger partial charge in [-0.3, -0.25) is 0 Å². The third kappa shape index (κ3) is 3.75. The van der Waals surface area contributed by atoms with Crippen LogP contribution >= 0.6 is 0 Å². The number of hydrogen-bond acceptors (Lipinski definition) is 3. The fraction of sp³-hybridized carbons (Fsp3) is 0.545. The van der Waals surface area contributed by atoms with E-state index in [1.54, 1.807) is 0 Å². The van der Waals surface area contributed by atoms with E-state index >= 15 is 0 Å². The first-order valence-corrected chi connectivity index (χ1v) is 5.07. The Morgan fingerprint density at radius 3 is 2.86 bits per heavy atom. The van der Waals surface area contributed by atoms with Crippen molar-refractivity contribution >= 4 is 5.82 Å². The maximum absolute atomic E-state index is 9.32. The quantitative estimate of drug-likeness (QED) is 0.753. The lowest BCUT2D eigenvalue weighted by Gasteiger charge is -2.08. The van der Waals surface area contributed by atoms with Crippen LogP contribution in [0.5, 0.6) is 0 Å². The first-order chi connectivity index (χ1) is 6.72. The molecule has 0 bridgehead atoms. The highest BCUT2D eigenvalue weighted by molar-refractivity contribution is 5.34. The minimum absolute atomic E-state index is 0.201. The monoisotopic (exact) mass is 194 g/mol. The number of rotatable bonds is 5. The predicted molar refractivity (Wildman–Crippen MR) is 58.4 cm³/mol. The van der Waals surface area contributed by atoms with E-state index < -0.39 is 0 Å². The van der Waals surface area contributed by atoms with Crippen molar-refractivity contribution in [2.45, 2.75) is 32.8 Å². The summed E-state index contributed by atoms with van der Waals surface area (Å²) < 4.78 is 0. The highest BCUT2D eigenvalue weighted by Crippen LogP contribution is 2.04. The Morgan fingerprint density at radius 1 is 1.50 bits per heavy atom. The molecule has 0 amide bonds. The van der Waals surface area contributed by atoms with Crippen molar-refractivity contribution in [2.75, 3.05) is 11.9 Å². The number of aromatic nitrogens is 1. The van der Waals surface area contributed by atoms with E-state index in [2.05, 4.69) is 10.3 Å². The van der Waals surface area contributed by atoms with Crippen LogP contribution in [0.4, 0.5) is 5.82 Å². The molecule has 1 unspecified atom stereocenters. The Balaban J connectivity index is 2.28. The van der Waals surface area contributed by atoms with E-state index in [1.807, 2.05) is 32.2 Å². The van der Waals surface area contributed by atoms with Gasteiger partial charge in [-0.25, -0.2) is 4.98 Å². The molecule has 78 valence electrons. The number of pyridine rings is 1. The van der Waals surface area contributed by atoms with Gasteiger partial charge in [0.2, 0.25) is 0 Å². The Labute approximate surface area is 85.2 Å². The fourth-order valence-corrected chi connectivity index (χ4v) is 1.14. The summed E-state index contributed by atoms with van der Waals surface area (Å²) in [4.78, 5) is 4.21. The van der Waals surface area contributed by atoms with Gasteiger partial charge in [-0.05, 0) is 31.4 Å². The summed E-state index contributed by atoms with van der Waals surface area (Å²) in [7, 11) is 0. The minimum atomic E-state index is -0.201. The van der Waals surface area contributed by atoms with E-state index in [-0.39, 0.29) is 6.10 Å². The van der Waals surface area contributed by atoms with Crippen LogP contribution in [0.1, 0.15) is 25.3 Å². The summed E-state index contributed by atoms with van der Waals surface area (Å²) in [6, 6.07) is 3.97. The maximum atomic E-state index is 9.32. The molecule has 0 fully saturated rings. The molecule has 1 aromatic rings. The second-order valence-electron chi connectivity index (χ2n) is 3.50. The van der Waals surface area contributed by atoms with Gasteiger partial charge in [0.1, 0.15) is 5.82 Å². The standard InChI is InChI=1S/C11H18N2O/c1-3-10(14)6-7-12-11-5-4-9(2)8-13-11/h4-5,8,10,14H,3,6-7H2,1-2H3,(H,12,13). The topological polar surface area (TPSA) is 45.1 Å². The molecule has 0 radical (unpaired) electrons. The number of nitrogens with one attached hydrogen (secondary N) is 1. The summed E-state index contributed by atoms with van der Waals surface area (Å²) in [6.07, 6.45) is 3.21. The summed E-state index contributed by atoms with van der Waals surface area (Å²) >= 11 is 0. The molecule has 0 aliphatic heterocycles. The molecule has 0 saturated heterocycles. The number of aliphatic hydroxyl groups excluding tert-OH is 1. The van der Waals surface area contributed by atoms with Crippen LogP contribution < -0.4 is 5.32 Å². The van der Waals surface area contributed by atoms with Gasteiger partial charge in [-0.15, -0.1) is 0 Å². The van der Waals surface area contributed by atoms with Crippen LogP contribution in [-0.4, -0.2) is 22.7 Å². The SMILES string of the molecule is CCC(O)CCNc1ccc(C)cn1. The number of nitrogens with zero attached hydrogens (tertiary/aromatic N) is 1. The second kappa shape index (κ2) is 5.60. The lowest BCUT2D eigenvalue weighted by molar-refractivity contribution is 0.164. The molecule has 1 atom stereocenters. The zero-order chi connectivity index (χ0) is 10.4. The number of aliphatic hydroxyl groups is 1. The molecule has 0 saturated carbocycles. The predicted octanol–water partition coefficient (Wildman–Crippen LogP) is 1.96. The average Bonchev–Trinajstić information content (AvgIpc) is 2.21. The van der Waals surface area contributed by atoms with Crippen molar-refractivity contribution in [1.29, 1.82) is 0 Å². The van der Waals surface area contributed by atoms with E-state index in [4.69, 9.17) is 0 Å². The van der Waals surface area contributed by atoms with Crippen molar-refractivity contribution in [3.63, 3.8) is 0 Å². The van der Waals surface area contributed by atoms with Gasteiger partial charge in [-0.2, -0.15) is 0 Å². The molecule has 0 aromatic carbocycles. The molecule has 0 aliphatic carbocycles. The Hall–Kier alpha value is -1.09. The largest absolute Gasteiger partial charge is 0.393 e. The zero-order valence-electron chi connectivity index (χ0n) is 8.83. The molecule has 0 aliphatic rings. The van der Waals surface area contributed by atoms with Crippen LogP contribution in [0, 0.1) is 6.92 Å². The number of anilines is 1. The van der Waals surface area contributed by atoms with Gasteiger partial charge >= 0.3 is 0 Å². The molecular weight excluding hydrogens is 176 g/mol. The van der Waals surface area contributed by atoms with Crippen molar-refractivity contribution in [2.24, 2.45) is 0 Å². The van der Waals surface area contributed by atoms with Gasteiger partial charge in [0.25, 0.3) is 0 Å². The molecule has 3 nitrogen and oxygen atoms in total. The second-order valence-corrected chi connectivity index (χ2v) is 3.50. The Morgan fingerprint density at radius 2 is 2.29 bits per heavy atom. The maximum Gasteiger partial charge on any atom is 0.125 e. The van der Waals surface area contributed by atoms with E-state index in [0.29, 0.717) is 0 Å². The molecular formula is C11H18N2O. The van der Waals surface area contributed by atoms with Crippen LogP contribution in [0.15, 0.2) is 18.3 Å². The first kappa shape index (κ1) is 11.0. The van der Waals surface area contributed by atoms with Gasteiger partial charge < -0.3 is 10.4 Å². The normalized spacial score (nSPS) is 12.5. The van der Waals surface area contributed by atoms with Gasteiger partial charge in [0.15, 0.2) is 0 Å². The number of aryl methyl sites for hydroxylation is 1. The minimum Gasteiger partial charge on any atom is -0.393 e. The summed E-state index contributed by atoms with van der Waals surface area (Å²) in [5.41, 5.74) is 1.16. The van der Waals surface area contributed by atoms with Crippen LogP contribution in [0.25, 0.3) is 0 Å². The van der Waals surface area contributed by atoms with E-state index in [9.17, 15) is 5.11 Å². The third-order valence-electron chi connectivity index (χ3n) is 2.17. The molecule has 0 spiro atoms. The Kier molecular flexibility index (Phi) is 4.40. The smallest absolute Gasteiger partial charge is 0.125 e. The molecule has 14 heavy (non-hydrogen) atoms. The van der Waals surface area contributed by atoms with Crippen molar-refractivity contribution in [1.82, 2.24) is 4.98 Å². The number of hydrogen-bond donors (Lipinski definition) is 2. The fourth-order valence-electron chi connectivity index (χ4n) is 1.14.